The van der Waals surface area contributed by atoms with Crippen molar-refractivity contribution in [3.05, 3.63) is 0 Å². The van der Waals surface area contributed by atoms with Crippen LogP contribution in [0.25, 0.3) is 0 Å². The molecule has 50 valence electrons. The molecule has 0 fully saturated rings. The molecule has 0 aromatic heterocycles. The lowest BCUT2D eigenvalue weighted by atomic mass is 10.3. The topological polar surface area (TPSA) is 0 Å². The van der Waals surface area contributed by atoms with Gasteiger partial charge in [-0.3, -0.25) is 0 Å². The van der Waals surface area contributed by atoms with Gasteiger partial charge in [0, 0.05) is 5.25 Å². The first-order chi connectivity index (χ1) is 3.81. The maximum atomic E-state index is 2.30. The summed E-state index contributed by atoms with van der Waals surface area (Å²) in [6.07, 6.45) is 2.70. The molecule has 0 aliphatic carbocycles. The van der Waals surface area contributed by atoms with E-state index in [0.29, 0.717) is 0 Å². The van der Waals surface area contributed by atoms with E-state index in [4.69, 9.17) is 0 Å². The highest BCUT2D eigenvalue weighted by Crippen LogP contribution is 2.13. The van der Waals surface area contributed by atoms with Gasteiger partial charge in [-0.1, -0.05) is 27.2 Å². The van der Waals surface area contributed by atoms with Crippen molar-refractivity contribution in [1.29, 1.82) is 0 Å². The largest absolute Gasteiger partial charge is 0.159 e. The molecular formula is C7H16S. The minimum atomic E-state index is 0.880. The van der Waals surface area contributed by atoms with Crippen molar-refractivity contribution in [2.24, 2.45) is 0 Å². The second-order valence-corrected chi connectivity index (χ2v) is 3.77. The van der Waals surface area contributed by atoms with Crippen LogP contribution in [0.3, 0.4) is 0 Å². The molecule has 0 N–H and O–H groups in total. The van der Waals surface area contributed by atoms with Crippen molar-refractivity contribution in [3.8, 4) is 0 Å². The second kappa shape index (κ2) is 5.49. The standard InChI is InChI=1S/C7H16S/c1-4-6-7(3)8-5-2/h7H,4-6H2,1-3H3. The van der Waals surface area contributed by atoms with Gasteiger partial charge in [-0.2, -0.15) is 11.8 Å². The van der Waals surface area contributed by atoms with Crippen LogP contribution in [-0.4, -0.2) is 11.0 Å². The van der Waals surface area contributed by atoms with Crippen LogP contribution in [0.1, 0.15) is 33.6 Å². The van der Waals surface area contributed by atoms with Gasteiger partial charge in [0.05, 0.1) is 0 Å². The van der Waals surface area contributed by atoms with Crippen molar-refractivity contribution < 1.29 is 0 Å². The molecule has 0 heterocycles. The summed E-state index contributed by atoms with van der Waals surface area (Å²) < 4.78 is 0. The third kappa shape index (κ3) is 4.51. The Labute approximate surface area is 57.1 Å². The molecule has 0 bridgehead atoms. The van der Waals surface area contributed by atoms with Crippen LogP contribution in [0.2, 0.25) is 0 Å². The lowest BCUT2D eigenvalue weighted by Gasteiger charge is -2.05. The van der Waals surface area contributed by atoms with Crippen LogP contribution in [0.4, 0.5) is 0 Å². The molecule has 8 heavy (non-hydrogen) atoms. The van der Waals surface area contributed by atoms with Gasteiger partial charge in [0.25, 0.3) is 0 Å². The third-order valence-corrected chi connectivity index (χ3v) is 2.28. The Morgan fingerprint density at radius 3 is 2.38 bits per heavy atom. The van der Waals surface area contributed by atoms with Gasteiger partial charge in [0.1, 0.15) is 0 Å². The van der Waals surface area contributed by atoms with E-state index in [0.717, 1.165) is 5.25 Å². The molecule has 0 aromatic carbocycles. The van der Waals surface area contributed by atoms with Gasteiger partial charge in [-0.25, -0.2) is 0 Å². The van der Waals surface area contributed by atoms with Gasteiger partial charge in [0.15, 0.2) is 0 Å². The first-order valence-electron chi connectivity index (χ1n) is 3.42. The zero-order valence-corrected chi connectivity index (χ0v) is 6.92. The summed E-state index contributed by atoms with van der Waals surface area (Å²) >= 11 is 2.06. The van der Waals surface area contributed by atoms with E-state index in [1.54, 1.807) is 0 Å². The zero-order chi connectivity index (χ0) is 6.41. The van der Waals surface area contributed by atoms with Gasteiger partial charge in [-0.15, -0.1) is 0 Å². The average molecular weight is 132 g/mol. The van der Waals surface area contributed by atoms with Crippen molar-refractivity contribution in [3.63, 3.8) is 0 Å². The molecule has 0 saturated heterocycles. The number of hydrogen-bond donors (Lipinski definition) is 0. The molecular weight excluding hydrogens is 116 g/mol. The lowest BCUT2D eigenvalue weighted by Crippen LogP contribution is -1.93. The van der Waals surface area contributed by atoms with E-state index in [2.05, 4.69) is 32.5 Å². The number of thioether (sulfide) groups is 1. The van der Waals surface area contributed by atoms with Gasteiger partial charge >= 0.3 is 0 Å². The van der Waals surface area contributed by atoms with Crippen LogP contribution in [0, 0.1) is 0 Å². The van der Waals surface area contributed by atoms with E-state index in [1.165, 1.54) is 18.6 Å². The Bertz CT molecular complexity index is 37.7. The van der Waals surface area contributed by atoms with Crippen molar-refractivity contribution >= 4 is 11.8 Å². The lowest BCUT2D eigenvalue weighted by molar-refractivity contribution is 0.787. The zero-order valence-electron chi connectivity index (χ0n) is 6.11. The molecule has 0 aliphatic rings. The SMILES string of the molecule is CCCC(C)SCC. The average Bonchev–Trinajstić information content (AvgIpc) is 1.68. The summed E-state index contributed by atoms with van der Waals surface area (Å²) in [5.74, 6) is 1.27. The Hall–Kier alpha value is 0.350. The predicted molar refractivity (Wildman–Crippen MR) is 42.5 cm³/mol. The van der Waals surface area contributed by atoms with E-state index in [-0.39, 0.29) is 0 Å². The molecule has 0 spiro atoms. The predicted octanol–water partition coefficient (Wildman–Crippen LogP) is 2.93. The van der Waals surface area contributed by atoms with Gasteiger partial charge in [0.2, 0.25) is 0 Å². The van der Waals surface area contributed by atoms with Crippen LogP contribution in [0.15, 0.2) is 0 Å². The summed E-state index contributed by atoms with van der Waals surface area (Å²) in [4.78, 5) is 0. The summed E-state index contributed by atoms with van der Waals surface area (Å²) in [5.41, 5.74) is 0. The molecule has 0 nitrogen and oxygen atoms in total. The highest BCUT2D eigenvalue weighted by molar-refractivity contribution is 7.99. The van der Waals surface area contributed by atoms with E-state index < -0.39 is 0 Å². The third-order valence-electron chi connectivity index (χ3n) is 1.15. The molecule has 0 saturated carbocycles. The van der Waals surface area contributed by atoms with E-state index in [9.17, 15) is 0 Å². The fraction of sp³-hybridized carbons (Fsp3) is 1.00. The van der Waals surface area contributed by atoms with Crippen molar-refractivity contribution in [2.75, 3.05) is 5.75 Å². The number of hydrogen-bond acceptors (Lipinski definition) is 1. The highest BCUT2D eigenvalue weighted by atomic mass is 32.2. The normalized spacial score (nSPS) is 13.9. The van der Waals surface area contributed by atoms with E-state index in [1.807, 2.05) is 0 Å². The fourth-order valence-corrected chi connectivity index (χ4v) is 1.75. The minimum absolute atomic E-state index is 0.880. The van der Waals surface area contributed by atoms with Crippen molar-refractivity contribution in [2.45, 2.75) is 38.9 Å². The minimum Gasteiger partial charge on any atom is -0.159 e. The Balaban J connectivity index is 2.92. The van der Waals surface area contributed by atoms with Crippen molar-refractivity contribution in [1.82, 2.24) is 0 Å². The quantitative estimate of drug-likeness (QED) is 0.566. The molecule has 0 rings (SSSR count). The molecule has 0 aliphatic heterocycles. The Morgan fingerprint density at radius 2 is 2.00 bits per heavy atom. The molecule has 1 heteroatoms. The summed E-state index contributed by atoms with van der Waals surface area (Å²) in [6, 6.07) is 0. The first-order valence-corrected chi connectivity index (χ1v) is 4.47. The molecule has 1 atom stereocenters. The van der Waals surface area contributed by atoms with E-state index >= 15 is 0 Å². The maximum Gasteiger partial charge on any atom is 0.00185 e. The maximum absolute atomic E-state index is 2.30. The molecule has 0 amide bonds. The monoisotopic (exact) mass is 132 g/mol. The number of rotatable bonds is 4. The van der Waals surface area contributed by atoms with Gasteiger partial charge in [-0.05, 0) is 12.2 Å². The van der Waals surface area contributed by atoms with Crippen LogP contribution < -0.4 is 0 Å². The van der Waals surface area contributed by atoms with Crippen LogP contribution in [0.5, 0.6) is 0 Å². The summed E-state index contributed by atoms with van der Waals surface area (Å²) in [5, 5.41) is 0.880. The summed E-state index contributed by atoms with van der Waals surface area (Å²) in [7, 11) is 0. The molecule has 0 aromatic rings. The summed E-state index contributed by atoms with van der Waals surface area (Å²) in [6.45, 7) is 6.77. The second-order valence-electron chi connectivity index (χ2n) is 2.05. The van der Waals surface area contributed by atoms with Gasteiger partial charge < -0.3 is 0 Å². The van der Waals surface area contributed by atoms with Crippen LogP contribution in [-0.2, 0) is 0 Å². The van der Waals surface area contributed by atoms with Crippen LogP contribution >= 0.6 is 11.8 Å². The fourth-order valence-electron chi connectivity index (χ4n) is 0.774. The molecule has 0 radical (unpaired) electrons. The first kappa shape index (κ1) is 8.35. The Kier molecular flexibility index (Phi) is 5.73. The molecule has 1 unspecified atom stereocenters. The smallest absolute Gasteiger partial charge is 0.00185 e. The highest BCUT2D eigenvalue weighted by Gasteiger charge is 1.96. The Morgan fingerprint density at radius 1 is 1.38 bits per heavy atom.